The van der Waals surface area contributed by atoms with Gasteiger partial charge in [-0.25, -0.2) is 26.5 Å². The van der Waals surface area contributed by atoms with Gasteiger partial charge in [0.25, 0.3) is 15.9 Å². The second kappa shape index (κ2) is 12.9. The zero-order chi connectivity index (χ0) is 27.8. The van der Waals surface area contributed by atoms with Gasteiger partial charge in [-0.3, -0.25) is 4.72 Å². The van der Waals surface area contributed by atoms with E-state index in [4.69, 9.17) is 14.2 Å². The molecule has 0 aliphatic rings. The van der Waals surface area contributed by atoms with Crippen LogP contribution in [0.5, 0.6) is 23.1 Å². The van der Waals surface area contributed by atoms with Crippen molar-refractivity contribution in [3.63, 3.8) is 0 Å². The molecule has 0 atom stereocenters. The number of nitrogens with zero attached hydrogens (tertiary/aromatic N) is 2. The Morgan fingerprint density at radius 1 is 0.947 bits per heavy atom. The summed E-state index contributed by atoms with van der Waals surface area (Å²) in [6, 6.07) is 13.6. The number of hydrogen-bond donors (Lipinski definition) is 2. The minimum atomic E-state index is -4.08. The Morgan fingerprint density at radius 2 is 1.63 bits per heavy atom. The summed E-state index contributed by atoms with van der Waals surface area (Å²) in [4.78, 5) is 8.70. The molecule has 1 heterocycles. The van der Waals surface area contributed by atoms with Gasteiger partial charge in [0.15, 0.2) is 17.3 Å². The molecule has 13 heteroatoms. The van der Waals surface area contributed by atoms with E-state index in [0.717, 1.165) is 19.1 Å². The lowest BCUT2D eigenvalue weighted by molar-refractivity contribution is 0.291. The normalized spacial score (nSPS) is 11.7. The van der Waals surface area contributed by atoms with E-state index >= 15 is 0 Å². The Bertz CT molecular complexity index is 1460. The van der Waals surface area contributed by atoms with E-state index < -0.39 is 20.0 Å². The molecule has 0 aliphatic carbocycles. The van der Waals surface area contributed by atoms with Gasteiger partial charge < -0.3 is 14.2 Å². The zero-order valence-electron chi connectivity index (χ0n) is 21.7. The molecule has 0 spiro atoms. The number of unbranched alkanes of at least 4 members (excludes halogenated alkanes) is 1. The van der Waals surface area contributed by atoms with E-state index in [9.17, 15) is 16.8 Å². The van der Waals surface area contributed by atoms with Crippen LogP contribution in [-0.2, 0) is 26.5 Å². The number of rotatable bonds is 14. The quantitative estimate of drug-likeness (QED) is 0.280. The number of benzene rings is 2. The van der Waals surface area contributed by atoms with Crippen LogP contribution in [0.1, 0.15) is 31.2 Å². The monoisotopic (exact) mass is 564 g/mol. The summed E-state index contributed by atoms with van der Waals surface area (Å²) in [5.41, 5.74) is 0.683. The van der Waals surface area contributed by atoms with Crippen molar-refractivity contribution in [3.05, 3.63) is 59.9 Å². The van der Waals surface area contributed by atoms with Crippen molar-refractivity contribution >= 4 is 25.9 Å². The minimum Gasteiger partial charge on any atom is -0.493 e. The second-order valence-corrected chi connectivity index (χ2v) is 11.8. The third-order valence-corrected chi connectivity index (χ3v) is 7.39. The first-order chi connectivity index (χ1) is 18.0. The van der Waals surface area contributed by atoms with Crippen molar-refractivity contribution in [2.24, 2.45) is 0 Å². The fourth-order valence-electron chi connectivity index (χ4n) is 3.51. The lowest BCUT2D eigenvalue weighted by atomic mass is 10.1. The molecular weight excluding hydrogens is 532 g/mol. The summed E-state index contributed by atoms with van der Waals surface area (Å²) >= 11 is 0. The first-order valence-electron chi connectivity index (χ1n) is 11.9. The fraction of sp³-hybridized carbons (Fsp3) is 0.360. The Morgan fingerprint density at radius 3 is 2.32 bits per heavy atom. The first kappa shape index (κ1) is 29.1. The predicted molar refractivity (Wildman–Crippen MR) is 144 cm³/mol. The van der Waals surface area contributed by atoms with Gasteiger partial charge in [0, 0.05) is 6.54 Å². The highest BCUT2D eigenvalue weighted by Gasteiger charge is 2.25. The molecule has 0 bridgehead atoms. The van der Waals surface area contributed by atoms with Crippen LogP contribution < -0.4 is 23.7 Å². The number of sulfonamides is 2. The molecule has 0 amide bonds. The van der Waals surface area contributed by atoms with Crippen LogP contribution in [0.4, 0.5) is 5.82 Å². The molecule has 0 fully saturated rings. The van der Waals surface area contributed by atoms with Gasteiger partial charge in [-0.2, -0.15) is 4.98 Å². The van der Waals surface area contributed by atoms with Gasteiger partial charge in [0.1, 0.15) is 12.4 Å². The Labute approximate surface area is 223 Å². The number of aryl methyl sites for hydroxylation is 2. The van der Waals surface area contributed by atoms with Crippen LogP contribution in [0, 0.1) is 6.92 Å². The highest BCUT2D eigenvalue weighted by atomic mass is 32.2. The molecule has 3 aromatic rings. The Kier molecular flexibility index (Phi) is 9.89. The van der Waals surface area contributed by atoms with Gasteiger partial charge in [-0.15, -0.1) is 0 Å². The van der Waals surface area contributed by atoms with Crippen LogP contribution in [0.25, 0.3) is 0 Å². The van der Waals surface area contributed by atoms with Crippen LogP contribution in [0.15, 0.2) is 53.4 Å². The molecule has 0 saturated carbocycles. The van der Waals surface area contributed by atoms with Gasteiger partial charge in [0.2, 0.25) is 15.8 Å². The number of anilines is 1. The fourth-order valence-corrected chi connectivity index (χ4v) is 5.24. The van der Waals surface area contributed by atoms with Crippen molar-refractivity contribution < 1.29 is 31.0 Å². The third kappa shape index (κ3) is 8.04. The summed E-state index contributed by atoms with van der Waals surface area (Å²) in [5, 5.41) is 0. The largest absolute Gasteiger partial charge is 0.493 e. The molecule has 0 radical (unpaired) electrons. The van der Waals surface area contributed by atoms with Crippen LogP contribution in [-0.4, -0.2) is 53.3 Å². The third-order valence-electron chi connectivity index (χ3n) is 5.23. The first-order valence-corrected chi connectivity index (χ1v) is 15.3. The average molecular weight is 565 g/mol. The summed E-state index contributed by atoms with van der Waals surface area (Å²) in [6.45, 7) is 3.47. The average Bonchev–Trinajstić information content (AvgIpc) is 2.86. The van der Waals surface area contributed by atoms with E-state index in [-0.39, 0.29) is 47.1 Å². The molecule has 0 aliphatic heterocycles. The summed E-state index contributed by atoms with van der Waals surface area (Å²) < 4.78 is 71.9. The molecule has 0 saturated heterocycles. The number of methoxy groups -OCH3 is 1. The van der Waals surface area contributed by atoms with Crippen LogP contribution in [0.2, 0.25) is 0 Å². The molecule has 2 aromatic carbocycles. The summed E-state index contributed by atoms with van der Waals surface area (Å²) in [6.07, 6.45) is 3.38. The zero-order valence-corrected chi connectivity index (χ0v) is 23.4. The number of nitrogens with one attached hydrogen (secondary N) is 2. The van der Waals surface area contributed by atoms with Crippen LogP contribution >= 0.6 is 0 Å². The lowest BCUT2D eigenvalue weighted by Gasteiger charge is -2.18. The topological polar surface area (TPSA) is 146 Å². The van der Waals surface area contributed by atoms with E-state index in [1.165, 1.54) is 13.2 Å². The predicted octanol–water partition coefficient (Wildman–Crippen LogP) is 3.66. The molecular formula is C25H32N4O7S2. The van der Waals surface area contributed by atoms with Crippen molar-refractivity contribution in [1.82, 2.24) is 14.7 Å². The molecule has 11 nitrogen and oxygen atoms in total. The minimum absolute atomic E-state index is 0.0398. The maximum atomic E-state index is 13.5. The number of ether oxygens (including phenoxy) is 3. The number of aromatic nitrogens is 2. The van der Waals surface area contributed by atoms with Crippen molar-refractivity contribution in [1.29, 1.82) is 0 Å². The lowest BCUT2D eigenvalue weighted by Crippen LogP contribution is -2.27. The second-order valence-electron chi connectivity index (χ2n) is 8.34. The van der Waals surface area contributed by atoms with E-state index in [1.54, 1.807) is 49.4 Å². The summed E-state index contributed by atoms with van der Waals surface area (Å²) in [7, 11) is -6.04. The maximum Gasteiger partial charge on any atom is 0.263 e. The molecule has 0 unspecified atom stereocenters. The van der Waals surface area contributed by atoms with Gasteiger partial charge in [0.05, 0.1) is 18.3 Å². The van der Waals surface area contributed by atoms with Gasteiger partial charge in [-0.1, -0.05) is 43.7 Å². The Balaban J connectivity index is 2.04. The molecule has 1 aromatic heterocycles. The number of para-hydroxylation sites is 2. The smallest absolute Gasteiger partial charge is 0.263 e. The SMILES string of the molecule is CCCCc1ccccc1S(=O)(=O)Nc1nc(C)nc(OCCNS(C)(=O)=O)c1Oc1ccccc1OC. The van der Waals surface area contributed by atoms with E-state index in [1.807, 2.05) is 6.92 Å². The summed E-state index contributed by atoms with van der Waals surface area (Å²) in [5.74, 6) is 0.548. The molecule has 206 valence electrons. The van der Waals surface area contributed by atoms with Gasteiger partial charge in [-0.05, 0) is 43.5 Å². The maximum absolute atomic E-state index is 13.5. The van der Waals surface area contributed by atoms with Crippen LogP contribution in [0.3, 0.4) is 0 Å². The molecule has 3 rings (SSSR count). The van der Waals surface area contributed by atoms with Crippen molar-refractivity contribution in [2.45, 2.75) is 38.0 Å². The van der Waals surface area contributed by atoms with Crippen molar-refractivity contribution in [3.8, 4) is 23.1 Å². The highest BCUT2D eigenvalue weighted by Crippen LogP contribution is 2.40. The van der Waals surface area contributed by atoms with E-state index in [0.29, 0.717) is 17.7 Å². The Hall–Kier alpha value is -3.42. The van der Waals surface area contributed by atoms with Crippen molar-refractivity contribution in [2.75, 3.05) is 31.2 Å². The molecule has 2 N–H and O–H groups in total. The van der Waals surface area contributed by atoms with Gasteiger partial charge >= 0.3 is 0 Å². The number of hydrogen-bond acceptors (Lipinski definition) is 9. The molecule has 38 heavy (non-hydrogen) atoms. The highest BCUT2D eigenvalue weighted by molar-refractivity contribution is 7.92. The van der Waals surface area contributed by atoms with E-state index in [2.05, 4.69) is 19.4 Å². The standard InChI is InChI=1S/C25H32N4O7S2/c1-5-6-11-19-12-7-10-15-22(19)38(32,33)29-24-23(36-21-14-9-8-13-20(21)34-3)25(28-18(2)27-24)35-17-16-26-37(4,30)31/h7-10,12-15,26H,5-6,11,16-17H2,1-4H3,(H,27,28,29).